The van der Waals surface area contributed by atoms with Gasteiger partial charge in [0.1, 0.15) is 5.92 Å². The predicted octanol–water partition coefficient (Wildman–Crippen LogP) is 2.13. The Morgan fingerprint density at radius 3 is 2.39 bits per heavy atom. The minimum absolute atomic E-state index is 0.273. The average Bonchev–Trinajstić information content (AvgIpc) is 3.08. The molecule has 23 heavy (non-hydrogen) atoms. The van der Waals surface area contributed by atoms with Gasteiger partial charge in [-0.15, -0.1) is 0 Å². The van der Waals surface area contributed by atoms with Crippen LogP contribution in [0.2, 0.25) is 0 Å². The second-order valence-corrected chi connectivity index (χ2v) is 5.87. The number of aryl methyl sites for hydroxylation is 1. The Labute approximate surface area is 133 Å². The maximum Gasteiger partial charge on any atom is 0.259 e. The van der Waals surface area contributed by atoms with Gasteiger partial charge in [0.2, 0.25) is 5.91 Å². The van der Waals surface area contributed by atoms with E-state index in [1.165, 1.54) is 0 Å². The summed E-state index contributed by atoms with van der Waals surface area (Å²) in [5.41, 5.74) is 2.85. The van der Waals surface area contributed by atoms with E-state index in [-0.39, 0.29) is 17.9 Å². The normalized spacial score (nSPS) is 26.3. The highest BCUT2D eigenvalue weighted by Crippen LogP contribution is 2.45. The first-order chi connectivity index (χ1) is 11.2. The van der Waals surface area contributed by atoms with Crippen molar-refractivity contribution in [1.29, 1.82) is 0 Å². The largest absolute Gasteiger partial charge is 0.294 e. The minimum Gasteiger partial charge on any atom is -0.294 e. The van der Waals surface area contributed by atoms with E-state index in [4.69, 9.17) is 4.84 Å². The second-order valence-electron chi connectivity index (χ2n) is 5.87. The third kappa shape index (κ3) is 2.12. The van der Waals surface area contributed by atoms with Gasteiger partial charge < -0.3 is 0 Å². The Bertz CT molecular complexity index is 775. The van der Waals surface area contributed by atoms with Crippen LogP contribution in [-0.2, 0) is 14.4 Å². The molecule has 3 atom stereocenters. The van der Waals surface area contributed by atoms with Crippen LogP contribution in [0.25, 0.3) is 0 Å². The average molecular weight is 308 g/mol. The van der Waals surface area contributed by atoms with E-state index in [0.29, 0.717) is 0 Å². The van der Waals surface area contributed by atoms with Crippen molar-refractivity contribution in [3.05, 3.63) is 65.7 Å². The minimum atomic E-state index is -0.771. The van der Waals surface area contributed by atoms with E-state index in [2.05, 4.69) is 5.32 Å². The number of amides is 2. The summed E-state index contributed by atoms with van der Waals surface area (Å²) < 4.78 is 0. The van der Waals surface area contributed by atoms with E-state index in [9.17, 15) is 9.59 Å². The van der Waals surface area contributed by atoms with Crippen molar-refractivity contribution >= 4 is 17.5 Å². The molecule has 0 saturated carbocycles. The van der Waals surface area contributed by atoms with E-state index >= 15 is 0 Å². The van der Waals surface area contributed by atoms with Gasteiger partial charge in [-0.2, -0.15) is 0 Å². The van der Waals surface area contributed by atoms with Crippen LogP contribution < -0.4 is 10.4 Å². The molecule has 2 aliphatic heterocycles. The van der Waals surface area contributed by atoms with Crippen LogP contribution in [0, 0.1) is 12.8 Å². The number of hydrogen-bond acceptors (Lipinski definition) is 4. The number of carbonyl (C=O) groups is 2. The summed E-state index contributed by atoms with van der Waals surface area (Å²) in [4.78, 5) is 30.2. The highest BCUT2D eigenvalue weighted by molar-refractivity contribution is 6.07. The van der Waals surface area contributed by atoms with Gasteiger partial charge in [0, 0.05) is 0 Å². The van der Waals surface area contributed by atoms with Crippen LogP contribution in [0.3, 0.4) is 0 Å². The van der Waals surface area contributed by atoms with E-state index in [1.54, 1.807) is 5.06 Å². The zero-order valence-corrected chi connectivity index (χ0v) is 12.6. The predicted molar refractivity (Wildman–Crippen MR) is 84.4 cm³/mol. The number of fused-ring (bicyclic) bond motifs is 1. The first kappa shape index (κ1) is 14.0. The highest BCUT2D eigenvalue weighted by Gasteiger charge is 2.56. The Morgan fingerprint density at radius 1 is 0.957 bits per heavy atom. The number of carbonyl (C=O) groups excluding carboxylic acids is 2. The van der Waals surface area contributed by atoms with Crippen molar-refractivity contribution in [2.24, 2.45) is 5.92 Å². The summed E-state index contributed by atoms with van der Waals surface area (Å²) in [5.74, 6) is -1.17. The highest BCUT2D eigenvalue weighted by atomic mass is 16.7. The summed E-state index contributed by atoms with van der Waals surface area (Å²) in [5, 5.41) is 4.09. The third-order valence-corrected chi connectivity index (χ3v) is 4.45. The van der Waals surface area contributed by atoms with Crippen LogP contribution in [-0.4, -0.2) is 17.9 Å². The molecule has 4 rings (SSSR count). The molecular formula is C18H16N2O3. The molecule has 5 heteroatoms. The summed E-state index contributed by atoms with van der Waals surface area (Å²) in [6.07, 6.45) is -0.771. The lowest BCUT2D eigenvalue weighted by molar-refractivity contribution is -0.129. The molecule has 2 aliphatic rings. The molecular weight excluding hydrogens is 292 g/mol. The van der Waals surface area contributed by atoms with Crippen LogP contribution in [0.15, 0.2) is 54.6 Å². The Morgan fingerprint density at radius 2 is 1.65 bits per heavy atom. The molecule has 0 spiro atoms. The van der Waals surface area contributed by atoms with Gasteiger partial charge in [-0.05, 0) is 24.1 Å². The molecule has 2 saturated heterocycles. The fraction of sp³-hybridized carbons (Fsp3) is 0.222. The molecule has 2 fully saturated rings. The number of imide groups is 1. The molecule has 0 aliphatic carbocycles. The quantitative estimate of drug-likeness (QED) is 0.864. The van der Waals surface area contributed by atoms with Crippen molar-refractivity contribution in [3.63, 3.8) is 0 Å². The van der Waals surface area contributed by atoms with Gasteiger partial charge in [-0.3, -0.25) is 19.7 Å². The molecule has 3 unspecified atom stereocenters. The van der Waals surface area contributed by atoms with Crippen LogP contribution >= 0.6 is 0 Å². The first-order valence-electron chi connectivity index (χ1n) is 7.58. The maximum absolute atomic E-state index is 12.3. The molecule has 2 aromatic carbocycles. The van der Waals surface area contributed by atoms with Gasteiger partial charge in [0.25, 0.3) is 5.91 Å². The zero-order chi connectivity index (χ0) is 16.0. The van der Waals surface area contributed by atoms with Crippen LogP contribution in [0.5, 0.6) is 0 Å². The lowest BCUT2D eigenvalue weighted by atomic mass is 9.90. The fourth-order valence-electron chi connectivity index (χ4n) is 3.34. The van der Waals surface area contributed by atoms with Gasteiger partial charge >= 0.3 is 0 Å². The van der Waals surface area contributed by atoms with Gasteiger partial charge in [-0.25, -0.2) is 5.06 Å². The number of rotatable bonds is 2. The lowest BCUT2D eigenvalue weighted by Crippen LogP contribution is -2.33. The summed E-state index contributed by atoms with van der Waals surface area (Å²) >= 11 is 0. The molecule has 0 bridgehead atoms. The molecule has 116 valence electrons. The van der Waals surface area contributed by atoms with Crippen LogP contribution in [0.4, 0.5) is 5.69 Å². The Balaban J connectivity index is 1.84. The smallest absolute Gasteiger partial charge is 0.259 e. The topological polar surface area (TPSA) is 58.6 Å². The van der Waals surface area contributed by atoms with Crippen molar-refractivity contribution in [1.82, 2.24) is 5.32 Å². The zero-order valence-electron chi connectivity index (χ0n) is 12.6. The van der Waals surface area contributed by atoms with Crippen molar-refractivity contribution in [3.8, 4) is 0 Å². The summed E-state index contributed by atoms with van der Waals surface area (Å²) in [6.45, 7) is 1.98. The van der Waals surface area contributed by atoms with E-state index < -0.39 is 12.0 Å². The number of hydrogen-bond donors (Lipinski definition) is 1. The van der Waals surface area contributed by atoms with Gasteiger partial charge in [-0.1, -0.05) is 48.5 Å². The van der Waals surface area contributed by atoms with Crippen molar-refractivity contribution in [2.75, 3.05) is 5.06 Å². The number of nitrogens with one attached hydrogen (secondary N) is 1. The van der Waals surface area contributed by atoms with E-state index in [0.717, 1.165) is 16.8 Å². The molecule has 0 aromatic heterocycles. The van der Waals surface area contributed by atoms with Gasteiger partial charge in [0.05, 0.1) is 11.7 Å². The summed E-state index contributed by atoms with van der Waals surface area (Å²) in [6, 6.07) is 17.2. The lowest BCUT2D eigenvalue weighted by Gasteiger charge is -2.28. The number of anilines is 1. The number of hydroxylamine groups is 1. The second kappa shape index (κ2) is 5.21. The standard InChI is InChI=1S/C18H16N2O3/c1-11-7-5-6-10-13(11)20-15(12-8-3-2-4-9-12)14-16(23-20)18(22)19-17(14)21/h2-10,14-16H,1H3,(H,19,21,22). The molecule has 2 aromatic rings. The van der Waals surface area contributed by atoms with Crippen LogP contribution in [0.1, 0.15) is 17.2 Å². The Hall–Kier alpha value is -2.66. The monoisotopic (exact) mass is 308 g/mol. The molecule has 2 amide bonds. The molecule has 1 N–H and O–H groups in total. The van der Waals surface area contributed by atoms with Gasteiger partial charge in [0.15, 0.2) is 6.10 Å². The molecule has 2 heterocycles. The van der Waals surface area contributed by atoms with E-state index in [1.807, 2.05) is 61.5 Å². The molecule has 0 radical (unpaired) electrons. The Kier molecular flexibility index (Phi) is 3.16. The van der Waals surface area contributed by atoms with Crippen molar-refractivity contribution < 1.29 is 14.4 Å². The molecule has 5 nitrogen and oxygen atoms in total. The SMILES string of the molecule is Cc1ccccc1N1OC2C(=O)NC(=O)C2C1c1ccccc1. The van der Waals surface area contributed by atoms with Crippen molar-refractivity contribution in [2.45, 2.75) is 19.1 Å². The number of nitrogens with zero attached hydrogens (tertiary/aromatic N) is 1. The number of para-hydroxylation sites is 1. The summed E-state index contributed by atoms with van der Waals surface area (Å²) in [7, 11) is 0. The maximum atomic E-state index is 12.3. The fourth-order valence-corrected chi connectivity index (χ4v) is 3.34. The number of benzene rings is 2. The third-order valence-electron chi connectivity index (χ3n) is 4.45. The first-order valence-corrected chi connectivity index (χ1v) is 7.58.